The molecular formula is C24H29FN2O4S. The molecule has 4 rings (SSSR count). The number of hydrogen-bond donors (Lipinski definition) is 1. The van der Waals surface area contributed by atoms with Crippen molar-refractivity contribution in [3.05, 3.63) is 65.5 Å². The molecule has 0 aromatic heterocycles. The van der Waals surface area contributed by atoms with E-state index in [0.29, 0.717) is 18.7 Å². The lowest BCUT2D eigenvalue weighted by atomic mass is 10.1. The molecule has 1 amide bonds. The van der Waals surface area contributed by atoms with Crippen molar-refractivity contribution in [1.29, 1.82) is 0 Å². The largest absolute Gasteiger partial charge is 0.376 e. The van der Waals surface area contributed by atoms with Crippen molar-refractivity contribution >= 4 is 15.9 Å². The monoisotopic (exact) mass is 460 g/mol. The molecular weight excluding hydrogens is 431 g/mol. The van der Waals surface area contributed by atoms with Crippen LogP contribution < -0.4 is 4.72 Å². The number of sulfonamides is 1. The molecule has 1 aliphatic heterocycles. The molecule has 8 heteroatoms. The van der Waals surface area contributed by atoms with Gasteiger partial charge in [0, 0.05) is 31.3 Å². The van der Waals surface area contributed by atoms with Crippen molar-refractivity contribution in [2.45, 2.75) is 62.1 Å². The molecule has 32 heavy (non-hydrogen) atoms. The van der Waals surface area contributed by atoms with Gasteiger partial charge in [0.15, 0.2) is 0 Å². The molecule has 172 valence electrons. The van der Waals surface area contributed by atoms with Crippen LogP contribution in [0.5, 0.6) is 0 Å². The number of rotatable bonds is 8. The second-order valence-corrected chi connectivity index (χ2v) is 10.3. The molecule has 1 saturated heterocycles. The van der Waals surface area contributed by atoms with E-state index in [0.717, 1.165) is 38.5 Å². The Hall–Kier alpha value is -2.29. The van der Waals surface area contributed by atoms with E-state index in [4.69, 9.17) is 4.74 Å². The van der Waals surface area contributed by atoms with E-state index in [1.54, 1.807) is 29.2 Å². The normalized spacial score (nSPS) is 19.3. The van der Waals surface area contributed by atoms with Crippen molar-refractivity contribution < 1.29 is 22.3 Å². The third-order valence-electron chi connectivity index (χ3n) is 6.07. The fourth-order valence-corrected chi connectivity index (χ4v) is 5.77. The van der Waals surface area contributed by atoms with E-state index in [-0.39, 0.29) is 40.9 Å². The fraction of sp³-hybridized carbons (Fsp3) is 0.458. The number of hydrogen-bond acceptors (Lipinski definition) is 4. The van der Waals surface area contributed by atoms with Gasteiger partial charge in [-0.25, -0.2) is 17.5 Å². The van der Waals surface area contributed by atoms with Gasteiger partial charge in [-0.2, -0.15) is 0 Å². The Kier molecular flexibility index (Phi) is 7.23. The summed E-state index contributed by atoms with van der Waals surface area (Å²) in [6.07, 6.45) is 5.42. The van der Waals surface area contributed by atoms with Crippen LogP contribution in [0.3, 0.4) is 0 Å². The van der Waals surface area contributed by atoms with Gasteiger partial charge < -0.3 is 9.64 Å². The van der Waals surface area contributed by atoms with Crippen LogP contribution in [0.25, 0.3) is 0 Å². The van der Waals surface area contributed by atoms with E-state index >= 15 is 0 Å². The molecule has 1 saturated carbocycles. The summed E-state index contributed by atoms with van der Waals surface area (Å²) in [4.78, 5) is 15.1. The Morgan fingerprint density at radius 1 is 1.06 bits per heavy atom. The first-order valence-electron chi connectivity index (χ1n) is 11.2. The molecule has 0 bridgehead atoms. The Labute approximate surface area is 188 Å². The zero-order valence-electron chi connectivity index (χ0n) is 18.0. The minimum absolute atomic E-state index is 0.0525. The molecule has 2 aliphatic rings. The first-order chi connectivity index (χ1) is 15.4. The van der Waals surface area contributed by atoms with Crippen LogP contribution in [-0.2, 0) is 21.3 Å². The van der Waals surface area contributed by atoms with E-state index in [1.807, 2.05) is 0 Å². The Balaban J connectivity index is 1.56. The fourth-order valence-electron chi connectivity index (χ4n) is 4.42. The minimum atomic E-state index is -3.71. The highest BCUT2D eigenvalue weighted by Crippen LogP contribution is 2.22. The molecule has 0 radical (unpaired) electrons. The molecule has 0 spiro atoms. The molecule has 6 nitrogen and oxygen atoms in total. The van der Waals surface area contributed by atoms with Gasteiger partial charge in [-0.3, -0.25) is 4.79 Å². The van der Waals surface area contributed by atoms with Crippen molar-refractivity contribution in [2.75, 3.05) is 13.2 Å². The number of benzene rings is 2. The predicted octanol–water partition coefficient (Wildman–Crippen LogP) is 3.87. The predicted molar refractivity (Wildman–Crippen MR) is 119 cm³/mol. The van der Waals surface area contributed by atoms with Crippen molar-refractivity contribution in [3.63, 3.8) is 0 Å². The maximum atomic E-state index is 13.7. The van der Waals surface area contributed by atoms with Crippen LogP contribution in [0.15, 0.2) is 53.4 Å². The van der Waals surface area contributed by atoms with Crippen molar-refractivity contribution in [3.8, 4) is 0 Å². The molecule has 1 heterocycles. The Morgan fingerprint density at radius 3 is 2.56 bits per heavy atom. The second kappa shape index (κ2) is 10.1. The van der Waals surface area contributed by atoms with Gasteiger partial charge in [0.05, 0.1) is 11.0 Å². The minimum Gasteiger partial charge on any atom is -0.376 e. The number of amides is 1. The van der Waals surface area contributed by atoms with Crippen LogP contribution in [-0.4, -0.2) is 44.5 Å². The van der Waals surface area contributed by atoms with Gasteiger partial charge in [0.25, 0.3) is 5.91 Å². The van der Waals surface area contributed by atoms with E-state index in [1.165, 1.54) is 24.3 Å². The van der Waals surface area contributed by atoms with Gasteiger partial charge >= 0.3 is 0 Å². The summed E-state index contributed by atoms with van der Waals surface area (Å²) in [6, 6.07) is 12.2. The Bertz CT molecular complexity index is 1050. The van der Waals surface area contributed by atoms with E-state index in [2.05, 4.69) is 4.72 Å². The highest BCUT2D eigenvalue weighted by atomic mass is 32.2. The average molecular weight is 461 g/mol. The molecule has 1 unspecified atom stereocenters. The average Bonchev–Trinajstić information content (AvgIpc) is 3.47. The van der Waals surface area contributed by atoms with Crippen molar-refractivity contribution in [1.82, 2.24) is 9.62 Å². The molecule has 2 fully saturated rings. The van der Waals surface area contributed by atoms with Gasteiger partial charge in [0.1, 0.15) is 5.82 Å². The molecule has 2 aromatic rings. The lowest BCUT2D eigenvalue weighted by Gasteiger charge is -2.26. The topological polar surface area (TPSA) is 75.7 Å². The van der Waals surface area contributed by atoms with Gasteiger partial charge in [-0.1, -0.05) is 31.0 Å². The molecule has 2 aromatic carbocycles. The number of ether oxygens (including phenoxy) is 1. The van der Waals surface area contributed by atoms with Gasteiger partial charge in [-0.15, -0.1) is 0 Å². The lowest BCUT2D eigenvalue weighted by Crippen LogP contribution is -2.37. The molecule has 1 aliphatic carbocycles. The smallest absolute Gasteiger partial charge is 0.254 e. The number of nitrogens with zero attached hydrogens (tertiary/aromatic N) is 1. The van der Waals surface area contributed by atoms with Gasteiger partial charge in [0.2, 0.25) is 10.0 Å². The SMILES string of the molecule is O=C(c1cccc(S(=O)(=O)NC2CCCC2)c1)N(Cc1cccc(F)c1)CC1CCCO1. The quantitative estimate of drug-likeness (QED) is 0.649. The maximum Gasteiger partial charge on any atom is 0.254 e. The van der Waals surface area contributed by atoms with Crippen LogP contribution >= 0.6 is 0 Å². The second-order valence-electron chi connectivity index (χ2n) is 8.58. The van der Waals surface area contributed by atoms with Crippen LogP contribution in [0.1, 0.15) is 54.4 Å². The van der Waals surface area contributed by atoms with Gasteiger partial charge in [-0.05, 0) is 61.6 Å². The summed E-state index contributed by atoms with van der Waals surface area (Å²) in [5, 5.41) is 0. The first-order valence-corrected chi connectivity index (χ1v) is 12.7. The molecule has 1 N–H and O–H groups in total. The maximum absolute atomic E-state index is 13.7. The number of nitrogens with one attached hydrogen (secondary N) is 1. The standard InChI is InChI=1S/C24H29FN2O4S/c25-20-8-3-6-18(14-20)16-27(17-22-11-5-13-31-22)24(28)19-7-4-12-23(15-19)32(29,30)26-21-9-1-2-10-21/h3-4,6-8,12,14-15,21-22,26H,1-2,5,9-11,13,16-17H2. The first kappa shape index (κ1) is 22.9. The van der Waals surface area contributed by atoms with Crippen LogP contribution in [0.2, 0.25) is 0 Å². The molecule has 1 atom stereocenters. The summed E-state index contributed by atoms with van der Waals surface area (Å²) in [5.41, 5.74) is 0.955. The highest BCUT2D eigenvalue weighted by molar-refractivity contribution is 7.89. The summed E-state index contributed by atoms with van der Waals surface area (Å²) >= 11 is 0. The third kappa shape index (κ3) is 5.74. The lowest BCUT2D eigenvalue weighted by molar-refractivity contribution is 0.0507. The third-order valence-corrected chi connectivity index (χ3v) is 7.58. The van der Waals surface area contributed by atoms with Crippen molar-refractivity contribution in [2.24, 2.45) is 0 Å². The van der Waals surface area contributed by atoms with E-state index in [9.17, 15) is 17.6 Å². The number of carbonyl (C=O) groups excluding carboxylic acids is 1. The van der Waals surface area contributed by atoms with Crippen LogP contribution in [0.4, 0.5) is 4.39 Å². The zero-order valence-corrected chi connectivity index (χ0v) is 18.8. The zero-order chi connectivity index (χ0) is 22.6. The number of halogens is 1. The highest BCUT2D eigenvalue weighted by Gasteiger charge is 2.26. The number of carbonyl (C=O) groups is 1. The van der Waals surface area contributed by atoms with Crippen LogP contribution in [0, 0.1) is 5.82 Å². The summed E-state index contributed by atoms with van der Waals surface area (Å²) in [6.45, 7) is 1.24. The Morgan fingerprint density at radius 2 is 1.84 bits per heavy atom. The summed E-state index contributed by atoms with van der Waals surface area (Å²) < 4.78 is 47.8. The van der Waals surface area contributed by atoms with E-state index < -0.39 is 10.0 Å². The summed E-state index contributed by atoms with van der Waals surface area (Å²) in [5.74, 6) is -0.666. The summed E-state index contributed by atoms with van der Waals surface area (Å²) in [7, 11) is -3.71.